The molecular formula is C21H24N2O3. The second kappa shape index (κ2) is 8.04. The van der Waals surface area contributed by atoms with E-state index in [1.807, 2.05) is 29.2 Å². The molecular weight excluding hydrogens is 328 g/mol. The molecule has 3 rings (SSSR count). The first-order valence-corrected chi connectivity index (χ1v) is 8.87. The van der Waals surface area contributed by atoms with Gasteiger partial charge >= 0.3 is 0 Å². The van der Waals surface area contributed by atoms with E-state index < -0.39 is 0 Å². The smallest absolute Gasteiger partial charge is 0.253 e. The summed E-state index contributed by atoms with van der Waals surface area (Å²) >= 11 is 0. The fourth-order valence-corrected chi connectivity index (χ4v) is 3.23. The van der Waals surface area contributed by atoms with Gasteiger partial charge in [0, 0.05) is 35.9 Å². The lowest BCUT2D eigenvalue weighted by Gasteiger charge is -2.33. The number of benzene rings is 2. The van der Waals surface area contributed by atoms with E-state index in [4.69, 9.17) is 4.74 Å². The second-order valence-electron chi connectivity index (χ2n) is 6.60. The van der Waals surface area contributed by atoms with Crippen LogP contribution in [-0.2, 0) is 0 Å². The van der Waals surface area contributed by atoms with Gasteiger partial charge in [-0.3, -0.25) is 9.59 Å². The average Bonchev–Trinajstić information content (AvgIpc) is 2.68. The molecule has 1 saturated heterocycles. The third-order valence-corrected chi connectivity index (χ3v) is 4.71. The Morgan fingerprint density at radius 2 is 1.69 bits per heavy atom. The Balaban J connectivity index is 1.63. The molecule has 0 radical (unpaired) electrons. The topological polar surface area (TPSA) is 58.6 Å². The van der Waals surface area contributed by atoms with Crippen LogP contribution in [-0.4, -0.2) is 42.8 Å². The van der Waals surface area contributed by atoms with Gasteiger partial charge in [-0.25, -0.2) is 0 Å². The number of piperidine rings is 1. The van der Waals surface area contributed by atoms with Crippen molar-refractivity contribution < 1.29 is 14.3 Å². The van der Waals surface area contributed by atoms with Crippen LogP contribution in [0.25, 0.3) is 0 Å². The number of carbonyl (C=O) groups is 2. The molecule has 1 atom stereocenters. The van der Waals surface area contributed by atoms with Gasteiger partial charge in [-0.1, -0.05) is 12.1 Å². The number of nitrogens with zero attached hydrogens (tertiary/aromatic N) is 1. The van der Waals surface area contributed by atoms with E-state index in [1.165, 1.54) is 6.92 Å². The quantitative estimate of drug-likeness (QED) is 0.835. The molecule has 0 aliphatic carbocycles. The number of hydrogen-bond acceptors (Lipinski definition) is 4. The van der Waals surface area contributed by atoms with Gasteiger partial charge in [0.2, 0.25) is 0 Å². The predicted molar refractivity (Wildman–Crippen MR) is 102 cm³/mol. The number of ether oxygens (including phenoxy) is 1. The number of rotatable bonds is 5. The predicted octanol–water partition coefficient (Wildman–Crippen LogP) is 3.61. The van der Waals surface area contributed by atoms with Crippen LogP contribution in [0.4, 0.5) is 5.69 Å². The lowest BCUT2D eigenvalue weighted by atomic mass is 10.0. The lowest BCUT2D eigenvalue weighted by Crippen LogP contribution is -2.45. The molecule has 1 aliphatic heterocycles. The average molecular weight is 352 g/mol. The lowest BCUT2D eigenvalue weighted by molar-refractivity contribution is 0.0714. The first-order valence-electron chi connectivity index (χ1n) is 8.87. The van der Waals surface area contributed by atoms with Crippen LogP contribution in [0.2, 0.25) is 0 Å². The summed E-state index contributed by atoms with van der Waals surface area (Å²) in [6.45, 7) is 2.95. The summed E-state index contributed by atoms with van der Waals surface area (Å²) in [5.74, 6) is 0.845. The molecule has 136 valence electrons. The molecule has 1 heterocycles. The third kappa shape index (κ3) is 4.23. The van der Waals surface area contributed by atoms with Gasteiger partial charge < -0.3 is 15.0 Å². The number of carbonyl (C=O) groups excluding carboxylic acids is 2. The molecule has 2 aromatic rings. The van der Waals surface area contributed by atoms with Gasteiger partial charge in [0.05, 0.1) is 7.11 Å². The molecule has 1 aliphatic rings. The van der Waals surface area contributed by atoms with Gasteiger partial charge in [-0.2, -0.15) is 0 Å². The van der Waals surface area contributed by atoms with Gasteiger partial charge in [0.25, 0.3) is 5.91 Å². The van der Waals surface area contributed by atoms with Gasteiger partial charge in [0.1, 0.15) is 5.75 Å². The Hall–Kier alpha value is -2.82. The number of likely N-dealkylation sites (tertiary alicyclic amines) is 1. The standard InChI is InChI=1S/C21H24N2O3/c1-15(24)16-5-7-17(8-6-16)21(25)23-13-3-4-19(14-23)22-18-9-11-20(26-2)12-10-18/h5-12,19,22H,3-4,13-14H2,1-2H3/t19-/m0/s1. The van der Waals surface area contributed by atoms with Crippen molar-refractivity contribution in [3.63, 3.8) is 0 Å². The molecule has 26 heavy (non-hydrogen) atoms. The fraction of sp³-hybridized carbons (Fsp3) is 0.333. The number of ketones is 1. The van der Waals surface area contributed by atoms with Gasteiger partial charge in [-0.05, 0) is 56.2 Å². The molecule has 0 aromatic heterocycles. The van der Waals surface area contributed by atoms with Crippen molar-refractivity contribution in [3.8, 4) is 5.75 Å². The Bertz CT molecular complexity index is 769. The van der Waals surface area contributed by atoms with E-state index in [0.717, 1.165) is 30.8 Å². The Labute approximate surface area is 154 Å². The summed E-state index contributed by atoms with van der Waals surface area (Å²) in [5.41, 5.74) is 2.27. The van der Waals surface area contributed by atoms with Crippen molar-refractivity contribution in [2.75, 3.05) is 25.5 Å². The number of amides is 1. The maximum atomic E-state index is 12.8. The molecule has 0 unspecified atom stereocenters. The molecule has 1 fully saturated rings. The summed E-state index contributed by atoms with van der Waals surface area (Å²) in [6, 6.07) is 14.9. The van der Waals surface area contributed by atoms with Crippen molar-refractivity contribution in [2.45, 2.75) is 25.8 Å². The van der Waals surface area contributed by atoms with E-state index in [0.29, 0.717) is 17.7 Å². The van der Waals surface area contributed by atoms with Crippen LogP contribution in [0.5, 0.6) is 5.75 Å². The largest absolute Gasteiger partial charge is 0.497 e. The van der Waals surface area contributed by atoms with Crippen LogP contribution in [0.1, 0.15) is 40.5 Å². The number of methoxy groups -OCH3 is 1. The number of nitrogens with one attached hydrogen (secondary N) is 1. The minimum absolute atomic E-state index is 0.00530. The molecule has 0 saturated carbocycles. The van der Waals surface area contributed by atoms with Crippen molar-refractivity contribution in [1.82, 2.24) is 4.90 Å². The molecule has 0 spiro atoms. The minimum atomic E-state index is 0.00530. The van der Waals surface area contributed by atoms with Crippen LogP contribution in [0.3, 0.4) is 0 Å². The first kappa shape index (κ1) is 18.0. The van der Waals surface area contributed by atoms with E-state index in [9.17, 15) is 9.59 Å². The van der Waals surface area contributed by atoms with Gasteiger partial charge in [0.15, 0.2) is 5.78 Å². The highest BCUT2D eigenvalue weighted by Gasteiger charge is 2.24. The third-order valence-electron chi connectivity index (χ3n) is 4.71. The summed E-state index contributed by atoms with van der Waals surface area (Å²) in [5, 5.41) is 3.50. The van der Waals surface area contributed by atoms with Crippen molar-refractivity contribution in [1.29, 1.82) is 0 Å². The maximum absolute atomic E-state index is 12.8. The van der Waals surface area contributed by atoms with Crippen molar-refractivity contribution >= 4 is 17.4 Å². The molecule has 2 aromatic carbocycles. The summed E-state index contributed by atoms with van der Waals surface area (Å²) in [4.78, 5) is 26.0. The van der Waals surface area contributed by atoms with Crippen LogP contribution in [0.15, 0.2) is 48.5 Å². The zero-order valence-electron chi connectivity index (χ0n) is 15.2. The molecule has 1 N–H and O–H groups in total. The summed E-state index contributed by atoms with van der Waals surface area (Å²) in [7, 11) is 1.65. The molecule has 0 bridgehead atoms. The summed E-state index contributed by atoms with van der Waals surface area (Å²) < 4.78 is 5.18. The fourth-order valence-electron chi connectivity index (χ4n) is 3.23. The monoisotopic (exact) mass is 352 g/mol. The SMILES string of the molecule is COc1ccc(N[C@H]2CCCN(C(=O)c3ccc(C(C)=O)cc3)C2)cc1. The maximum Gasteiger partial charge on any atom is 0.253 e. The molecule has 1 amide bonds. The van der Waals surface area contributed by atoms with Crippen LogP contribution >= 0.6 is 0 Å². The highest BCUT2D eigenvalue weighted by molar-refractivity contribution is 5.97. The first-order chi connectivity index (χ1) is 12.6. The van der Waals surface area contributed by atoms with E-state index in [-0.39, 0.29) is 17.7 Å². The summed E-state index contributed by atoms with van der Waals surface area (Å²) in [6.07, 6.45) is 1.99. The van der Waals surface area contributed by atoms with E-state index >= 15 is 0 Å². The van der Waals surface area contributed by atoms with Crippen LogP contribution < -0.4 is 10.1 Å². The number of hydrogen-bond donors (Lipinski definition) is 1. The van der Waals surface area contributed by atoms with Gasteiger partial charge in [-0.15, -0.1) is 0 Å². The zero-order valence-corrected chi connectivity index (χ0v) is 15.2. The molecule has 5 heteroatoms. The highest BCUT2D eigenvalue weighted by atomic mass is 16.5. The minimum Gasteiger partial charge on any atom is -0.497 e. The molecule has 5 nitrogen and oxygen atoms in total. The Morgan fingerprint density at radius 1 is 1.04 bits per heavy atom. The number of Topliss-reactive ketones (excluding diaryl/α,β-unsaturated/α-hetero) is 1. The Morgan fingerprint density at radius 3 is 2.31 bits per heavy atom. The number of anilines is 1. The van der Waals surface area contributed by atoms with Crippen molar-refractivity contribution in [3.05, 3.63) is 59.7 Å². The normalized spacial score (nSPS) is 16.8. The van der Waals surface area contributed by atoms with Crippen molar-refractivity contribution in [2.24, 2.45) is 0 Å². The van der Waals surface area contributed by atoms with Crippen LogP contribution in [0, 0.1) is 0 Å². The zero-order chi connectivity index (χ0) is 18.5. The highest BCUT2D eigenvalue weighted by Crippen LogP contribution is 2.20. The van der Waals surface area contributed by atoms with E-state index in [2.05, 4.69) is 5.32 Å². The Kier molecular flexibility index (Phi) is 5.56. The van der Waals surface area contributed by atoms with E-state index in [1.54, 1.807) is 31.4 Å². The second-order valence-corrected chi connectivity index (χ2v) is 6.60.